The number of anilines is 1. The molecule has 7 nitrogen and oxygen atoms in total. The zero-order valence-electron chi connectivity index (χ0n) is 18.5. The molecule has 6 rings (SSSR count). The lowest BCUT2D eigenvalue weighted by Crippen LogP contribution is -2.37. The van der Waals surface area contributed by atoms with Crippen molar-refractivity contribution in [1.29, 1.82) is 0 Å². The third-order valence-electron chi connectivity index (χ3n) is 6.05. The number of Topliss-reactive ketones (excluding diaryl/α,β-unsaturated/α-hetero) is 1. The molecule has 5 aromatic rings. The van der Waals surface area contributed by atoms with Crippen LogP contribution in [0.3, 0.4) is 0 Å². The molecule has 0 amide bonds. The molecule has 0 N–H and O–H groups in total. The van der Waals surface area contributed by atoms with Crippen molar-refractivity contribution in [2.45, 2.75) is 6.42 Å². The molecule has 3 aromatic heterocycles. The number of furan rings is 1. The van der Waals surface area contributed by atoms with E-state index in [0.29, 0.717) is 30.2 Å². The first-order valence-corrected chi connectivity index (χ1v) is 11.3. The number of carbonyl (C=O) groups is 1. The summed E-state index contributed by atoms with van der Waals surface area (Å²) < 4.78 is 11.7. The van der Waals surface area contributed by atoms with Crippen molar-refractivity contribution in [1.82, 2.24) is 15.0 Å². The van der Waals surface area contributed by atoms with Gasteiger partial charge in [0.05, 0.1) is 13.2 Å². The van der Waals surface area contributed by atoms with Gasteiger partial charge in [0.2, 0.25) is 0 Å². The number of pyridine rings is 1. The smallest absolute Gasteiger partial charge is 0.196 e. The van der Waals surface area contributed by atoms with Crippen LogP contribution in [-0.2, 0) is 11.2 Å². The summed E-state index contributed by atoms with van der Waals surface area (Å²) in [5, 5.41) is 0.957. The number of rotatable bonds is 5. The number of fused-ring (bicyclic) bond motifs is 3. The maximum Gasteiger partial charge on any atom is 0.196 e. The molecule has 1 fully saturated rings. The Morgan fingerprint density at radius 1 is 0.971 bits per heavy atom. The van der Waals surface area contributed by atoms with Crippen LogP contribution in [0, 0.1) is 0 Å². The van der Waals surface area contributed by atoms with Gasteiger partial charge < -0.3 is 14.1 Å². The van der Waals surface area contributed by atoms with E-state index in [1.165, 1.54) is 0 Å². The second kappa shape index (κ2) is 8.68. The van der Waals surface area contributed by atoms with Gasteiger partial charge in [0.25, 0.3) is 0 Å². The van der Waals surface area contributed by atoms with E-state index in [1.807, 2.05) is 48.5 Å². The van der Waals surface area contributed by atoms with E-state index in [1.54, 1.807) is 24.5 Å². The predicted octanol–water partition coefficient (Wildman–Crippen LogP) is 4.70. The van der Waals surface area contributed by atoms with Crippen molar-refractivity contribution in [3.63, 3.8) is 0 Å². The number of para-hydroxylation sites is 1. The minimum Gasteiger partial charge on any atom is -0.450 e. The number of ketones is 1. The zero-order chi connectivity index (χ0) is 22.9. The molecule has 34 heavy (non-hydrogen) atoms. The lowest BCUT2D eigenvalue weighted by Gasteiger charge is -2.27. The van der Waals surface area contributed by atoms with Crippen LogP contribution in [0.15, 0.2) is 77.5 Å². The Kier molecular flexibility index (Phi) is 5.24. The number of morpholine rings is 1. The van der Waals surface area contributed by atoms with E-state index in [0.717, 1.165) is 46.5 Å². The number of benzene rings is 2. The predicted molar refractivity (Wildman–Crippen MR) is 130 cm³/mol. The Morgan fingerprint density at radius 2 is 1.85 bits per heavy atom. The number of aromatic nitrogens is 3. The van der Waals surface area contributed by atoms with Gasteiger partial charge in [-0.05, 0) is 35.9 Å². The van der Waals surface area contributed by atoms with Crippen LogP contribution in [0.1, 0.15) is 15.9 Å². The van der Waals surface area contributed by atoms with E-state index in [4.69, 9.17) is 19.1 Å². The minimum absolute atomic E-state index is 0.0245. The minimum atomic E-state index is 0.0245. The van der Waals surface area contributed by atoms with Gasteiger partial charge in [-0.3, -0.25) is 9.78 Å². The van der Waals surface area contributed by atoms with Crippen molar-refractivity contribution in [3.8, 4) is 11.4 Å². The summed E-state index contributed by atoms with van der Waals surface area (Å²) >= 11 is 0. The maximum absolute atomic E-state index is 12.7. The van der Waals surface area contributed by atoms with Crippen LogP contribution >= 0.6 is 0 Å². The number of ether oxygens (including phenoxy) is 1. The molecule has 1 aliphatic rings. The second-order valence-corrected chi connectivity index (χ2v) is 8.29. The average molecular weight is 450 g/mol. The molecule has 0 spiro atoms. The number of carbonyl (C=O) groups excluding carboxylic acids is 1. The molecule has 0 saturated carbocycles. The Bertz CT molecular complexity index is 1490. The van der Waals surface area contributed by atoms with E-state index < -0.39 is 0 Å². The first-order valence-electron chi connectivity index (χ1n) is 11.3. The van der Waals surface area contributed by atoms with E-state index in [2.05, 4.69) is 9.88 Å². The standard InChI is InChI=1S/C27H22N4O3/c32-22(20-7-4-10-28-17-20)16-18-5-3-6-19(15-18)26-29-24-21-8-1-2-9-23(21)34-25(24)27(30-26)31-11-13-33-14-12-31/h1-10,15,17H,11-14,16H2. The van der Waals surface area contributed by atoms with Crippen molar-refractivity contribution in [3.05, 3.63) is 84.2 Å². The monoisotopic (exact) mass is 450 g/mol. The molecular weight excluding hydrogens is 428 g/mol. The fourth-order valence-corrected chi connectivity index (χ4v) is 4.33. The lowest BCUT2D eigenvalue weighted by atomic mass is 10.0. The molecule has 2 aromatic carbocycles. The number of nitrogens with zero attached hydrogens (tertiary/aromatic N) is 4. The van der Waals surface area contributed by atoms with Crippen LogP contribution in [0.5, 0.6) is 0 Å². The van der Waals surface area contributed by atoms with Gasteiger partial charge in [0.1, 0.15) is 11.1 Å². The highest BCUT2D eigenvalue weighted by molar-refractivity contribution is 6.06. The number of hydrogen-bond acceptors (Lipinski definition) is 7. The molecule has 1 saturated heterocycles. The van der Waals surface area contributed by atoms with Gasteiger partial charge >= 0.3 is 0 Å². The zero-order valence-corrected chi connectivity index (χ0v) is 18.5. The fraction of sp³-hybridized carbons (Fsp3) is 0.185. The molecule has 0 unspecified atom stereocenters. The number of hydrogen-bond donors (Lipinski definition) is 0. The van der Waals surface area contributed by atoms with E-state index in [-0.39, 0.29) is 12.2 Å². The summed E-state index contributed by atoms with van der Waals surface area (Å²) in [6.07, 6.45) is 3.55. The average Bonchev–Trinajstić information content (AvgIpc) is 3.28. The normalized spacial score (nSPS) is 14.1. The lowest BCUT2D eigenvalue weighted by molar-refractivity contribution is 0.0992. The van der Waals surface area contributed by atoms with E-state index >= 15 is 0 Å². The summed E-state index contributed by atoms with van der Waals surface area (Å²) in [4.78, 5) is 28.8. The van der Waals surface area contributed by atoms with Gasteiger partial charge in [0.15, 0.2) is 23.0 Å². The van der Waals surface area contributed by atoms with Crippen LogP contribution in [0.2, 0.25) is 0 Å². The van der Waals surface area contributed by atoms with Crippen molar-refractivity contribution in [2.24, 2.45) is 0 Å². The molecule has 0 radical (unpaired) electrons. The third-order valence-corrected chi connectivity index (χ3v) is 6.05. The summed E-state index contributed by atoms with van der Waals surface area (Å²) in [7, 11) is 0. The maximum atomic E-state index is 12.7. The van der Waals surface area contributed by atoms with Crippen molar-refractivity contribution < 1.29 is 13.9 Å². The highest BCUT2D eigenvalue weighted by Crippen LogP contribution is 2.35. The molecule has 4 heterocycles. The van der Waals surface area contributed by atoms with E-state index in [9.17, 15) is 4.79 Å². The topological polar surface area (TPSA) is 81.4 Å². The summed E-state index contributed by atoms with van der Waals surface area (Å²) in [5.74, 6) is 1.41. The highest BCUT2D eigenvalue weighted by atomic mass is 16.5. The fourth-order valence-electron chi connectivity index (χ4n) is 4.33. The molecule has 0 atom stereocenters. The first kappa shape index (κ1) is 20.5. The van der Waals surface area contributed by atoms with Gasteiger partial charge in [-0.2, -0.15) is 0 Å². The SMILES string of the molecule is O=C(Cc1cccc(-c2nc(N3CCOCC3)c3oc4ccccc4c3n2)c1)c1cccnc1. The molecule has 0 bridgehead atoms. The van der Waals surface area contributed by atoms with Gasteiger partial charge in [-0.25, -0.2) is 9.97 Å². The summed E-state index contributed by atoms with van der Waals surface area (Å²) in [6.45, 7) is 2.77. The second-order valence-electron chi connectivity index (χ2n) is 8.29. The Labute approximate surface area is 196 Å². The van der Waals surface area contributed by atoms with Crippen molar-refractivity contribution >= 4 is 33.7 Å². The third kappa shape index (κ3) is 3.80. The van der Waals surface area contributed by atoms with Crippen LogP contribution < -0.4 is 4.90 Å². The molecular formula is C27H22N4O3. The van der Waals surface area contributed by atoms with Crippen molar-refractivity contribution in [2.75, 3.05) is 31.2 Å². The summed E-state index contributed by atoms with van der Waals surface area (Å²) in [6, 6.07) is 19.3. The Hall–Kier alpha value is -4.10. The largest absolute Gasteiger partial charge is 0.450 e. The quantitative estimate of drug-likeness (QED) is 0.359. The molecule has 1 aliphatic heterocycles. The highest BCUT2D eigenvalue weighted by Gasteiger charge is 2.22. The molecule has 0 aliphatic carbocycles. The van der Waals surface area contributed by atoms with Crippen LogP contribution in [-0.4, -0.2) is 47.0 Å². The summed E-state index contributed by atoms with van der Waals surface area (Å²) in [5.41, 5.74) is 4.63. The molecule has 7 heteroatoms. The Morgan fingerprint density at radius 3 is 2.71 bits per heavy atom. The van der Waals surface area contributed by atoms with Gasteiger partial charge in [-0.15, -0.1) is 0 Å². The van der Waals surface area contributed by atoms with Crippen LogP contribution in [0.25, 0.3) is 33.5 Å². The van der Waals surface area contributed by atoms with Gasteiger partial charge in [0, 0.05) is 48.4 Å². The van der Waals surface area contributed by atoms with Gasteiger partial charge in [-0.1, -0.05) is 30.3 Å². The van der Waals surface area contributed by atoms with Crippen LogP contribution in [0.4, 0.5) is 5.82 Å². The Balaban J connectivity index is 1.44. The first-order chi connectivity index (χ1) is 16.8. The molecule has 168 valence electrons.